The summed E-state index contributed by atoms with van der Waals surface area (Å²) in [6.07, 6.45) is 7.11. The first-order valence-electron chi connectivity index (χ1n) is 7.28. The molecule has 1 atom stereocenters. The summed E-state index contributed by atoms with van der Waals surface area (Å²) in [5.41, 5.74) is 4.27. The van der Waals surface area contributed by atoms with Gasteiger partial charge in [-0.25, -0.2) is 5.43 Å². The molecule has 22 heavy (non-hydrogen) atoms. The quantitative estimate of drug-likeness (QED) is 0.516. The van der Waals surface area contributed by atoms with Gasteiger partial charge < -0.3 is 4.74 Å². The number of hydrazone groups is 1. The molecule has 0 saturated heterocycles. The van der Waals surface area contributed by atoms with Crippen LogP contribution in [0.5, 0.6) is 5.75 Å². The van der Waals surface area contributed by atoms with Gasteiger partial charge in [-0.1, -0.05) is 23.8 Å². The largest absolute Gasteiger partial charge is 0.482 e. The number of carbonyl (C=O) groups excluding carboxylic acids is 1. The van der Waals surface area contributed by atoms with Gasteiger partial charge >= 0.3 is 0 Å². The highest BCUT2D eigenvalue weighted by Crippen LogP contribution is 2.21. The zero-order valence-corrected chi connectivity index (χ0v) is 12.6. The second kappa shape index (κ2) is 7.99. The topological polar surface area (TPSA) is 74.5 Å². The maximum atomic E-state index is 11.7. The van der Waals surface area contributed by atoms with Crippen molar-refractivity contribution < 1.29 is 9.53 Å². The number of rotatable bonds is 5. The highest BCUT2D eigenvalue weighted by molar-refractivity contribution is 5.78. The smallest absolute Gasteiger partial charge is 0.277 e. The number of hydrogen-bond acceptors (Lipinski definition) is 4. The summed E-state index contributed by atoms with van der Waals surface area (Å²) in [6, 6.07) is 8.82. The molecule has 1 aliphatic rings. The fourth-order valence-electron chi connectivity index (χ4n) is 2.20. The average Bonchev–Trinajstić information content (AvgIpc) is 2.55. The lowest BCUT2D eigenvalue weighted by Crippen LogP contribution is -2.25. The average molecular weight is 297 g/mol. The van der Waals surface area contributed by atoms with Crippen LogP contribution >= 0.6 is 0 Å². The van der Waals surface area contributed by atoms with Crippen LogP contribution in [0.25, 0.3) is 0 Å². The summed E-state index contributed by atoms with van der Waals surface area (Å²) in [4.78, 5) is 11.7. The maximum absolute atomic E-state index is 11.7. The van der Waals surface area contributed by atoms with Crippen LogP contribution in [0.1, 0.15) is 31.7 Å². The molecule has 0 spiro atoms. The van der Waals surface area contributed by atoms with E-state index in [-0.39, 0.29) is 12.5 Å². The van der Waals surface area contributed by atoms with Crippen molar-refractivity contribution in [1.29, 1.82) is 5.26 Å². The van der Waals surface area contributed by atoms with Crippen LogP contribution in [0, 0.1) is 17.2 Å². The Morgan fingerprint density at radius 1 is 1.55 bits per heavy atom. The molecule has 0 aromatic heterocycles. The van der Waals surface area contributed by atoms with Crippen molar-refractivity contribution >= 4 is 12.1 Å². The predicted molar refractivity (Wildman–Crippen MR) is 84.4 cm³/mol. The van der Waals surface area contributed by atoms with Crippen molar-refractivity contribution in [3.63, 3.8) is 0 Å². The Labute approximate surface area is 130 Å². The molecule has 5 nitrogen and oxygen atoms in total. The fourth-order valence-corrected chi connectivity index (χ4v) is 2.20. The van der Waals surface area contributed by atoms with Gasteiger partial charge in [0.15, 0.2) is 6.61 Å². The molecular weight excluding hydrogens is 278 g/mol. The second-order valence-corrected chi connectivity index (χ2v) is 5.29. The first-order chi connectivity index (χ1) is 10.7. The van der Waals surface area contributed by atoms with E-state index in [1.165, 1.54) is 5.57 Å². The van der Waals surface area contributed by atoms with Gasteiger partial charge in [0.25, 0.3) is 5.91 Å². The van der Waals surface area contributed by atoms with Crippen LogP contribution in [-0.2, 0) is 4.79 Å². The standard InChI is InChI=1S/C17H19N3O2/c1-13-6-8-14(9-7-13)11-19-20-17(21)12-22-16-5-3-2-4-15(16)10-18/h2-6,11,14H,7-9,12H2,1H3,(H,20,21). The third kappa shape index (κ3) is 4.74. The summed E-state index contributed by atoms with van der Waals surface area (Å²) in [7, 11) is 0. The molecule has 2 rings (SSSR count). The van der Waals surface area contributed by atoms with Crippen molar-refractivity contribution in [3.8, 4) is 11.8 Å². The van der Waals surface area contributed by atoms with E-state index in [0.717, 1.165) is 19.3 Å². The van der Waals surface area contributed by atoms with Gasteiger partial charge in [-0.05, 0) is 44.2 Å². The van der Waals surface area contributed by atoms with Crippen LogP contribution in [0.15, 0.2) is 41.0 Å². The Morgan fingerprint density at radius 3 is 3.09 bits per heavy atom. The number of amides is 1. The molecule has 114 valence electrons. The second-order valence-electron chi connectivity index (χ2n) is 5.29. The number of ether oxygens (including phenoxy) is 1. The summed E-state index contributed by atoms with van der Waals surface area (Å²) < 4.78 is 5.33. The molecular formula is C17H19N3O2. The molecule has 0 saturated carbocycles. The number of allylic oxidation sites excluding steroid dienone is 2. The molecule has 5 heteroatoms. The van der Waals surface area contributed by atoms with Crippen molar-refractivity contribution in [2.24, 2.45) is 11.0 Å². The Hall–Kier alpha value is -2.61. The van der Waals surface area contributed by atoms with Crippen LogP contribution in [0.3, 0.4) is 0 Å². The molecule has 1 aromatic rings. The fraction of sp³-hybridized carbons (Fsp3) is 0.353. The monoisotopic (exact) mass is 297 g/mol. The zero-order valence-electron chi connectivity index (χ0n) is 12.6. The van der Waals surface area contributed by atoms with E-state index in [1.807, 2.05) is 6.07 Å². The highest BCUT2D eigenvalue weighted by Gasteiger charge is 2.10. The van der Waals surface area contributed by atoms with Gasteiger partial charge in [0.2, 0.25) is 0 Å². The molecule has 0 fully saturated rings. The molecule has 0 aliphatic heterocycles. The van der Waals surface area contributed by atoms with Crippen LogP contribution < -0.4 is 10.2 Å². The summed E-state index contributed by atoms with van der Waals surface area (Å²) in [6.45, 7) is 1.96. The Balaban J connectivity index is 1.75. The minimum Gasteiger partial charge on any atom is -0.482 e. The van der Waals surface area contributed by atoms with Crippen molar-refractivity contribution in [1.82, 2.24) is 5.43 Å². The number of nitrogens with one attached hydrogen (secondary N) is 1. The summed E-state index contributed by atoms with van der Waals surface area (Å²) >= 11 is 0. The highest BCUT2D eigenvalue weighted by atomic mass is 16.5. The minimum absolute atomic E-state index is 0.167. The van der Waals surface area contributed by atoms with E-state index in [2.05, 4.69) is 23.5 Å². The van der Waals surface area contributed by atoms with E-state index in [9.17, 15) is 4.79 Å². The molecule has 1 N–H and O–H groups in total. The van der Waals surface area contributed by atoms with E-state index in [4.69, 9.17) is 10.00 Å². The Morgan fingerprint density at radius 2 is 2.36 bits per heavy atom. The van der Waals surface area contributed by atoms with Crippen molar-refractivity contribution in [2.75, 3.05) is 6.61 Å². The van der Waals surface area contributed by atoms with Gasteiger partial charge in [0, 0.05) is 6.21 Å². The number of nitriles is 1. The number of hydrogen-bond donors (Lipinski definition) is 1. The molecule has 0 bridgehead atoms. The molecule has 1 aromatic carbocycles. The lowest BCUT2D eigenvalue weighted by molar-refractivity contribution is -0.123. The maximum Gasteiger partial charge on any atom is 0.277 e. The predicted octanol–water partition coefficient (Wildman–Crippen LogP) is 2.79. The van der Waals surface area contributed by atoms with E-state index < -0.39 is 0 Å². The minimum atomic E-state index is -0.341. The third-order valence-electron chi connectivity index (χ3n) is 3.52. The van der Waals surface area contributed by atoms with Gasteiger partial charge in [-0.2, -0.15) is 10.4 Å². The first kappa shape index (κ1) is 15.8. The lowest BCUT2D eigenvalue weighted by Gasteiger charge is -2.15. The molecule has 1 amide bonds. The number of carbonyl (C=O) groups is 1. The van der Waals surface area contributed by atoms with Crippen molar-refractivity contribution in [3.05, 3.63) is 41.5 Å². The van der Waals surface area contributed by atoms with Crippen LogP contribution in [-0.4, -0.2) is 18.7 Å². The summed E-state index contributed by atoms with van der Waals surface area (Å²) in [5.74, 6) is 0.438. The van der Waals surface area contributed by atoms with E-state index in [0.29, 0.717) is 17.2 Å². The van der Waals surface area contributed by atoms with Crippen molar-refractivity contribution in [2.45, 2.75) is 26.2 Å². The van der Waals surface area contributed by atoms with Crippen LogP contribution in [0.4, 0.5) is 0 Å². The molecule has 0 radical (unpaired) electrons. The Kier molecular flexibility index (Phi) is 5.73. The lowest BCUT2D eigenvalue weighted by atomic mass is 9.91. The normalized spacial score (nSPS) is 17.6. The SMILES string of the molecule is CC1=CCC(C=NNC(=O)COc2ccccc2C#N)CC1. The summed E-state index contributed by atoms with van der Waals surface area (Å²) in [5, 5.41) is 12.9. The Bertz CT molecular complexity index is 629. The molecule has 1 aliphatic carbocycles. The van der Waals surface area contributed by atoms with Gasteiger partial charge in [0.1, 0.15) is 11.8 Å². The van der Waals surface area contributed by atoms with E-state index >= 15 is 0 Å². The third-order valence-corrected chi connectivity index (χ3v) is 3.52. The number of nitrogens with zero attached hydrogens (tertiary/aromatic N) is 2. The number of benzene rings is 1. The van der Waals surface area contributed by atoms with Crippen LogP contribution in [0.2, 0.25) is 0 Å². The van der Waals surface area contributed by atoms with Gasteiger partial charge in [-0.15, -0.1) is 0 Å². The van der Waals surface area contributed by atoms with Gasteiger partial charge in [-0.3, -0.25) is 4.79 Å². The first-order valence-corrected chi connectivity index (χ1v) is 7.28. The number of para-hydroxylation sites is 1. The van der Waals surface area contributed by atoms with E-state index in [1.54, 1.807) is 30.5 Å². The molecule has 1 unspecified atom stereocenters. The van der Waals surface area contributed by atoms with Gasteiger partial charge in [0.05, 0.1) is 5.56 Å². The molecule has 0 heterocycles. The zero-order chi connectivity index (χ0) is 15.8.